The van der Waals surface area contributed by atoms with Crippen LogP contribution in [-0.2, 0) is 17.6 Å². The van der Waals surface area contributed by atoms with Crippen LogP contribution in [0.25, 0.3) is 11.0 Å². The van der Waals surface area contributed by atoms with Crippen molar-refractivity contribution in [3.05, 3.63) is 41.8 Å². The third-order valence-corrected chi connectivity index (χ3v) is 3.63. The molecule has 0 aliphatic heterocycles. The van der Waals surface area contributed by atoms with Crippen molar-refractivity contribution >= 4 is 16.8 Å². The Labute approximate surface area is 120 Å². The first kappa shape index (κ1) is 12.3. The van der Waals surface area contributed by atoms with Crippen LogP contribution in [0.4, 0.5) is 0 Å². The molecule has 0 amide bonds. The van der Waals surface area contributed by atoms with Gasteiger partial charge in [0.05, 0.1) is 23.9 Å². The Morgan fingerprint density at radius 1 is 1.29 bits per heavy atom. The first-order valence-corrected chi connectivity index (χ1v) is 7.06. The highest BCUT2D eigenvalue weighted by molar-refractivity contribution is 5.84. The van der Waals surface area contributed by atoms with Crippen molar-refractivity contribution in [2.75, 3.05) is 0 Å². The highest BCUT2D eigenvalue weighted by Crippen LogP contribution is 2.30. The molecule has 2 heterocycles. The molecule has 1 fully saturated rings. The van der Waals surface area contributed by atoms with Crippen LogP contribution < -0.4 is 0 Å². The zero-order valence-corrected chi connectivity index (χ0v) is 11.4. The number of imidazole rings is 1. The Bertz CT molecular complexity index is 768. The quantitative estimate of drug-likeness (QED) is 0.774. The fourth-order valence-corrected chi connectivity index (χ4v) is 2.37. The third kappa shape index (κ3) is 2.56. The van der Waals surface area contributed by atoms with Gasteiger partial charge in [-0.1, -0.05) is 17.3 Å². The molecule has 6 heteroatoms. The Balaban J connectivity index is 1.48. The van der Waals surface area contributed by atoms with Crippen LogP contribution in [-0.4, -0.2) is 25.9 Å². The largest absolute Gasteiger partial charge is 0.342 e. The number of fused-ring (bicyclic) bond motifs is 1. The lowest BCUT2D eigenvalue weighted by Gasteiger charge is -1.90. The number of ketones is 1. The normalized spacial score (nSPS) is 14.7. The molecule has 1 saturated carbocycles. The number of para-hydroxylation sites is 2. The highest BCUT2D eigenvalue weighted by atomic mass is 16.5. The zero-order valence-electron chi connectivity index (χ0n) is 11.4. The van der Waals surface area contributed by atoms with Crippen LogP contribution in [0.3, 0.4) is 0 Å². The Morgan fingerprint density at radius 3 is 2.95 bits per heavy atom. The van der Waals surface area contributed by atoms with Gasteiger partial charge in [0, 0.05) is 5.92 Å². The van der Waals surface area contributed by atoms with Crippen LogP contribution in [0.1, 0.15) is 30.4 Å². The van der Waals surface area contributed by atoms with Crippen molar-refractivity contribution < 1.29 is 9.32 Å². The van der Waals surface area contributed by atoms with E-state index in [-0.39, 0.29) is 18.1 Å². The van der Waals surface area contributed by atoms with E-state index < -0.39 is 0 Å². The lowest BCUT2D eigenvalue weighted by atomic mass is 10.2. The molecule has 6 nitrogen and oxygen atoms in total. The van der Waals surface area contributed by atoms with E-state index in [4.69, 9.17) is 4.52 Å². The molecule has 2 aromatic heterocycles. The van der Waals surface area contributed by atoms with E-state index in [1.807, 2.05) is 24.3 Å². The number of H-pyrrole nitrogens is 1. The molecule has 3 aromatic rings. The lowest BCUT2D eigenvalue weighted by Crippen LogP contribution is -2.05. The minimum atomic E-state index is 0.203. The van der Waals surface area contributed by atoms with Gasteiger partial charge in [-0.05, 0) is 25.0 Å². The van der Waals surface area contributed by atoms with Crippen LogP contribution in [0, 0.1) is 5.92 Å². The van der Waals surface area contributed by atoms with E-state index in [9.17, 15) is 4.79 Å². The van der Waals surface area contributed by atoms with Crippen molar-refractivity contribution in [3.8, 4) is 0 Å². The minimum absolute atomic E-state index is 0.203. The van der Waals surface area contributed by atoms with Crippen molar-refractivity contribution in [3.63, 3.8) is 0 Å². The highest BCUT2D eigenvalue weighted by Gasteiger charge is 2.30. The van der Waals surface area contributed by atoms with E-state index in [0.29, 0.717) is 18.1 Å². The maximum Gasteiger partial charge on any atom is 0.234 e. The monoisotopic (exact) mass is 282 g/mol. The molecule has 0 spiro atoms. The molecule has 1 aliphatic rings. The number of carbonyl (C=O) groups is 1. The number of nitrogens with one attached hydrogen (secondary N) is 1. The number of aromatic amines is 1. The summed E-state index contributed by atoms with van der Waals surface area (Å²) >= 11 is 0. The van der Waals surface area contributed by atoms with Crippen molar-refractivity contribution in [2.45, 2.75) is 25.7 Å². The average Bonchev–Trinajstić information content (AvgIpc) is 3.12. The first-order valence-electron chi connectivity index (χ1n) is 7.06. The summed E-state index contributed by atoms with van der Waals surface area (Å²) in [5, 5.41) is 3.92. The van der Waals surface area contributed by atoms with Crippen molar-refractivity contribution in [1.82, 2.24) is 20.1 Å². The number of carbonyl (C=O) groups excluding carboxylic acids is 1. The van der Waals surface area contributed by atoms with Crippen LogP contribution >= 0.6 is 0 Å². The van der Waals surface area contributed by atoms with Crippen LogP contribution in [0.15, 0.2) is 28.8 Å². The van der Waals surface area contributed by atoms with Gasteiger partial charge >= 0.3 is 0 Å². The van der Waals surface area contributed by atoms with Crippen LogP contribution in [0.2, 0.25) is 0 Å². The second kappa shape index (κ2) is 4.80. The SMILES string of the molecule is O=C(Cc1nc(Cc2nc3ccccc3[nH]2)no1)C1CC1. The topological polar surface area (TPSA) is 84.7 Å². The van der Waals surface area contributed by atoms with Gasteiger partial charge in [-0.3, -0.25) is 4.79 Å². The average molecular weight is 282 g/mol. The fourth-order valence-electron chi connectivity index (χ4n) is 2.37. The Kier molecular flexibility index (Phi) is 2.80. The van der Waals surface area contributed by atoms with Gasteiger partial charge in [-0.25, -0.2) is 4.98 Å². The van der Waals surface area contributed by atoms with Gasteiger partial charge in [0.1, 0.15) is 11.6 Å². The van der Waals surface area contributed by atoms with Crippen molar-refractivity contribution in [2.24, 2.45) is 5.92 Å². The summed E-state index contributed by atoms with van der Waals surface area (Å²) in [7, 11) is 0. The number of benzene rings is 1. The number of aromatic nitrogens is 4. The van der Waals surface area contributed by atoms with E-state index in [1.165, 1.54) is 0 Å². The van der Waals surface area contributed by atoms with Crippen LogP contribution in [0.5, 0.6) is 0 Å². The number of nitrogens with zero attached hydrogens (tertiary/aromatic N) is 3. The molecule has 0 saturated heterocycles. The van der Waals surface area contributed by atoms with E-state index in [1.54, 1.807) is 0 Å². The van der Waals surface area contributed by atoms with Gasteiger partial charge in [0.15, 0.2) is 5.82 Å². The summed E-state index contributed by atoms with van der Waals surface area (Å²) in [5.41, 5.74) is 1.90. The summed E-state index contributed by atoms with van der Waals surface area (Å²) in [5.74, 6) is 2.16. The fraction of sp³-hybridized carbons (Fsp3) is 0.333. The van der Waals surface area contributed by atoms with Gasteiger partial charge in [-0.2, -0.15) is 4.98 Å². The second-order valence-corrected chi connectivity index (χ2v) is 5.40. The van der Waals surface area contributed by atoms with Gasteiger partial charge < -0.3 is 9.51 Å². The van der Waals surface area contributed by atoms with Gasteiger partial charge in [0.25, 0.3) is 0 Å². The maximum absolute atomic E-state index is 11.7. The molecular weight excluding hydrogens is 268 g/mol. The van der Waals surface area contributed by atoms with Gasteiger partial charge in [-0.15, -0.1) is 0 Å². The standard InChI is InChI=1S/C15H14N4O2/c20-12(9-5-6-9)7-15-18-14(19-21-15)8-13-16-10-3-1-2-4-11(10)17-13/h1-4,9H,5-8H2,(H,16,17). The minimum Gasteiger partial charge on any atom is -0.342 e. The lowest BCUT2D eigenvalue weighted by molar-refractivity contribution is -0.119. The predicted molar refractivity (Wildman–Crippen MR) is 74.6 cm³/mol. The molecule has 0 bridgehead atoms. The summed E-state index contributed by atoms with van der Waals surface area (Å²) in [6.07, 6.45) is 2.71. The van der Waals surface area contributed by atoms with E-state index >= 15 is 0 Å². The first-order chi connectivity index (χ1) is 10.3. The molecule has 1 aromatic carbocycles. The summed E-state index contributed by atoms with van der Waals surface area (Å²) in [6.45, 7) is 0. The molecule has 21 heavy (non-hydrogen) atoms. The third-order valence-electron chi connectivity index (χ3n) is 3.63. The molecule has 106 valence electrons. The molecule has 0 atom stereocenters. The number of rotatable bonds is 5. The van der Waals surface area contributed by atoms with E-state index in [2.05, 4.69) is 20.1 Å². The molecule has 0 radical (unpaired) electrons. The molecule has 0 unspecified atom stereocenters. The summed E-state index contributed by atoms with van der Waals surface area (Å²) in [6, 6.07) is 7.83. The maximum atomic E-state index is 11.7. The molecule has 1 N–H and O–H groups in total. The zero-order chi connectivity index (χ0) is 14.2. The molecular formula is C15H14N4O2. The van der Waals surface area contributed by atoms with Crippen molar-refractivity contribution in [1.29, 1.82) is 0 Å². The summed E-state index contributed by atoms with van der Waals surface area (Å²) < 4.78 is 5.14. The van der Waals surface area contributed by atoms with Gasteiger partial charge in [0.2, 0.25) is 5.89 Å². The van der Waals surface area contributed by atoms with E-state index in [0.717, 1.165) is 29.7 Å². The number of hydrogen-bond acceptors (Lipinski definition) is 5. The molecule has 4 rings (SSSR count). The molecule has 1 aliphatic carbocycles. The summed E-state index contributed by atoms with van der Waals surface area (Å²) in [4.78, 5) is 23.7. The predicted octanol–water partition coefficient (Wildman–Crippen LogP) is 2.06. The second-order valence-electron chi connectivity index (χ2n) is 5.40. The Morgan fingerprint density at radius 2 is 2.14 bits per heavy atom. The number of Topliss-reactive ketones (excluding diaryl/α,β-unsaturated/α-hetero) is 1. The smallest absolute Gasteiger partial charge is 0.234 e. The Hall–Kier alpha value is -2.50. The number of hydrogen-bond donors (Lipinski definition) is 1.